The molecule has 2 atom stereocenters. The van der Waals surface area contributed by atoms with Crippen LogP contribution in [0.3, 0.4) is 0 Å². The van der Waals surface area contributed by atoms with Gasteiger partial charge in [0, 0.05) is 19.6 Å². The summed E-state index contributed by atoms with van der Waals surface area (Å²) in [7, 11) is -3.58. The van der Waals surface area contributed by atoms with Gasteiger partial charge in [-0.05, 0) is 43.9 Å². The SMILES string of the molecule is CN(CC(F)(F)F)S(=O)(=O)CC1(NC(=O)N[C@H](C(=O)N2CCC[C@H]2C(=O)NCC(=O)C(=O)NC2CC2)C(C)(C)C)CCCCC1. The van der Waals surface area contributed by atoms with Crippen LogP contribution in [0, 0.1) is 5.41 Å². The van der Waals surface area contributed by atoms with E-state index in [1.54, 1.807) is 20.8 Å². The molecular formula is C28H45F3N6O7S. The molecule has 2 saturated carbocycles. The molecule has 3 rings (SSSR count). The Kier molecular flexibility index (Phi) is 11.5. The second-order valence-electron chi connectivity index (χ2n) is 13.4. The molecule has 4 N–H and O–H groups in total. The number of nitrogens with zero attached hydrogens (tertiary/aromatic N) is 2. The fourth-order valence-corrected chi connectivity index (χ4v) is 7.35. The molecule has 1 aliphatic heterocycles. The van der Waals surface area contributed by atoms with Crippen molar-refractivity contribution in [3.05, 3.63) is 0 Å². The number of carbonyl (C=O) groups excluding carboxylic acids is 5. The number of likely N-dealkylation sites (tertiary alicyclic amines) is 1. The lowest BCUT2D eigenvalue weighted by Gasteiger charge is -2.40. The average Bonchev–Trinajstić information content (AvgIpc) is 3.59. The molecule has 1 heterocycles. The average molecular weight is 667 g/mol. The number of carbonyl (C=O) groups is 5. The number of sulfonamides is 1. The molecule has 17 heteroatoms. The van der Waals surface area contributed by atoms with E-state index in [1.807, 2.05) is 0 Å². The summed E-state index contributed by atoms with van der Waals surface area (Å²) in [6.07, 6.45) is -0.0516. The maximum absolute atomic E-state index is 13.8. The van der Waals surface area contributed by atoms with Crippen LogP contribution < -0.4 is 21.3 Å². The predicted octanol–water partition coefficient (Wildman–Crippen LogP) is 1.18. The van der Waals surface area contributed by atoms with E-state index >= 15 is 0 Å². The third kappa shape index (κ3) is 10.5. The van der Waals surface area contributed by atoms with Crippen molar-refractivity contribution in [1.29, 1.82) is 0 Å². The monoisotopic (exact) mass is 666 g/mol. The first-order chi connectivity index (χ1) is 20.7. The van der Waals surface area contributed by atoms with Gasteiger partial charge in [0.25, 0.3) is 5.91 Å². The van der Waals surface area contributed by atoms with E-state index in [0.717, 1.165) is 26.3 Å². The second kappa shape index (κ2) is 14.2. The smallest absolute Gasteiger partial charge is 0.347 e. The van der Waals surface area contributed by atoms with Gasteiger partial charge in [-0.2, -0.15) is 17.5 Å². The van der Waals surface area contributed by atoms with Gasteiger partial charge in [0.1, 0.15) is 18.6 Å². The molecule has 3 aliphatic rings. The minimum absolute atomic E-state index is 0.0211. The van der Waals surface area contributed by atoms with Crippen molar-refractivity contribution in [1.82, 2.24) is 30.5 Å². The van der Waals surface area contributed by atoms with Crippen LogP contribution in [0.25, 0.3) is 0 Å². The zero-order valence-corrected chi connectivity index (χ0v) is 27.0. The Morgan fingerprint density at radius 1 is 0.978 bits per heavy atom. The maximum Gasteiger partial charge on any atom is 0.402 e. The summed E-state index contributed by atoms with van der Waals surface area (Å²) in [6.45, 7) is 3.12. The highest BCUT2D eigenvalue weighted by Gasteiger charge is 2.45. The number of urea groups is 1. The van der Waals surface area contributed by atoms with Gasteiger partial charge in [-0.1, -0.05) is 40.0 Å². The van der Waals surface area contributed by atoms with E-state index < -0.39 is 87.6 Å². The number of alkyl halides is 3. The first-order valence-electron chi connectivity index (χ1n) is 15.2. The minimum Gasteiger partial charge on any atom is -0.347 e. The van der Waals surface area contributed by atoms with Gasteiger partial charge in [-0.15, -0.1) is 0 Å². The summed E-state index contributed by atoms with van der Waals surface area (Å²) in [5, 5.41) is 10.3. The molecule has 5 amide bonds. The van der Waals surface area contributed by atoms with Crippen LogP contribution in [0.4, 0.5) is 18.0 Å². The Labute approximate surface area is 261 Å². The number of nitrogens with one attached hydrogen (secondary N) is 4. The Morgan fingerprint density at radius 2 is 1.60 bits per heavy atom. The van der Waals surface area contributed by atoms with Crippen molar-refractivity contribution >= 4 is 39.6 Å². The highest BCUT2D eigenvalue weighted by Crippen LogP contribution is 2.32. The molecule has 0 unspecified atom stereocenters. The first-order valence-corrected chi connectivity index (χ1v) is 16.9. The summed E-state index contributed by atoms with van der Waals surface area (Å²) in [5.41, 5.74) is -2.21. The predicted molar refractivity (Wildman–Crippen MR) is 157 cm³/mol. The number of rotatable bonds is 12. The van der Waals surface area contributed by atoms with Crippen LogP contribution in [-0.4, -0.2) is 109 Å². The molecule has 1 saturated heterocycles. The van der Waals surface area contributed by atoms with Crippen LogP contribution in [0.5, 0.6) is 0 Å². The third-order valence-electron chi connectivity index (χ3n) is 8.34. The zero-order valence-electron chi connectivity index (χ0n) is 26.2. The van der Waals surface area contributed by atoms with Crippen molar-refractivity contribution in [2.75, 3.05) is 32.4 Å². The van der Waals surface area contributed by atoms with Gasteiger partial charge in [-0.3, -0.25) is 19.2 Å². The highest BCUT2D eigenvalue weighted by atomic mass is 32.2. The van der Waals surface area contributed by atoms with Crippen molar-refractivity contribution < 1.29 is 45.6 Å². The molecule has 45 heavy (non-hydrogen) atoms. The molecule has 0 bridgehead atoms. The lowest BCUT2D eigenvalue weighted by atomic mass is 9.83. The Morgan fingerprint density at radius 3 is 2.16 bits per heavy atom. The number of hydrogen-bond acceptors (Lipinski definition) is 7. The molecule has 13 nitrogen and oxygen atoms in total. The molecule has 0 radical (unpaired) electrons. The van der Waals surface area contributed by atoms with Crippen molar-refractivity contribution in [3.8, 4) is 0 Å². The molecular weight excluding hydrogens is 621 g/mol. The van der Waals surface area contributed by atoms with Crippen LogP contribution in [0.15, 0.2) is 0 Å². The van der Waals surface area contributed by atoms with Gasteiger partial charge in [0.2, 0.25) is 27.6 Å². The fourth-order valence-electron chi connectivity index (χ4n) is 5.73. The molecule has 0 aromatic rings. The molecule has 0 aromatic carbocycles. The Hall–Kier alpha value is -2.95. The van der Waals surface area contributed by atoms with Gasteiger partial charge < -0.3 is 26.2 Å². The van der Waals surface area contributed by atoms with Crippen LogP contribution in [-0.2, 0) is 29.2 Å². The highest BCUT2D eigenvalue weighted by molar-refractivity contribution is 7.89. The second-order valence-corrected chi connectivity index (χ2v) is 15.5. The summed E-state index contributed by atoms with van der Waals surface area (Å²) < 4.78 is 64.9. The minimum atomic E-state index is -4.74. The summed E-state index contributed by atoms with van der Waals surface area (Å²) >= 11 is 0. The normalized spacial score (nSPS) is 21.2. The molecule has 0 spiro atoms. The summed E-state index contributed by atoms with van der Waals surface area (Å²) in [5.74, 6) is -3.50. The summed E-state index contributed by atoms with van der Waals surface area (Å²) in [6, 6.07) is -2.98. The number of halogens is 3. The standard InChI is InChI=1S/C28H45F3N6O7S/c1-26(2,3)21(24(41)37-14-8-9-19(37)22(39)32-15-20(38)23(40)33-18-10-11-18)34-25(42)35-27(12-6-5-7-13-27)17-45(43,44)36(4)16-28(29,30)31/h18-19,21H,5-17H2,1-4H3,(H,32,39)(H,33,40)(H2,34,35,42)/t19-,21+/m0/s1. The van der Waals surface area contributed by atoms with Gasteiger partial charge >= 0.3 is 12.2 Å². The van der Waals surface area contributed by atoms with Crippen LogP contribution >= 0.6 is 0 Å². The van der Waals surface area contributed by atoms with Gasteiger partial charge in [0.15, 0.2) is 0 Å². The molecule has 2 aliphatic carbocycles. The lowest BCUT2D eigenvalue weighted by molar-refractivity contribution is -0.142. The molecule has 0 aromatic heterocycles. The van der Waals surface area contributed by atoms with E-state index in [-0.39, 0.29) is 29.7 Å². The Bertz CT molecular complexity index is 1240. The summed E-state index contributed by atoms with van der Waals surface area (Å²) in [4.78, 5) is 65.5. The van der Waals surface area contributed by atoms with E-state index in [9.17, 15) is 45.6 Å². The van der Waals surface area contributed by atoms with Crippen molar-refractivity contribution in [2.45, 2.75) is 108 Å². The molecule has 3 fully saturated rings. The quantitative estimate of drug-likeness (QED) is 0.226. The zero-order chi connectivity index (χ0) is 33.8. The van der Waals surface area contributed by atoms with Crippen molar-refractivity contribution in [2.24, 2.45) is 5.41 Å². The lowest BCUT2D eigenvalue weighted by Crippen LogP contribution is -2.63. The fraction of sp³-hybridized carbons (Fsp3) is 0.821. The van der Waals surface area contributed by atoms with Crippen LogP contribution in [0.1, 0.15) is 78.6 Å². The van der Waals surface area contributed by atoms with E-state index in [1.165, 1.54) is 4.90 Å². The van der Waals surface area contributed by atoms with E-state index in [4.69, 9.17) is 0 Å². The topological polar surface area (TPSA) is 174 Å². The largest absolute Gasteiger partial charge is 0.402 e. The number of Topliss-reactive ketones (excluding diaryl/α,β-unsaturated/α-hetero) is 1. The van der Waals surface area contributed by atoms with Gasteiger partial charge in [-0.25, -0.2) is 13.2 Å². The Balaban J connectivity index is 1.69. The number of hydrogen-bond donors (Lipinski definition) is 4. The van der Waals surface area contributed by atoms with Crippen molar-refractivity contribution in [3.63, 3.8) is 0 Å². The van der Waals surface area contributed by atoms with E-state index in [0.29, 0.717) is 25.7 Å². The first kappa shape index (κ1) is 36.5. The third-order valence-corrected chi connectivity index (χ3v) is 10.3. The number of amides is 5. The van der Waals surface area contributed by atoms with E-state index in [2.05, 4.69) is 21.3 Å². The molecule has 256 valence electrons. The van der Waals surface area contributed by atoms with Crippen LogP contribution in [0.2, 0.25) is 0 Å². The van der Waals surface area contributed by atoms with Gasteiger partial charge in [0.05, 0.1) is 17.8 Å². The number of ketones is 1. The maximum atomic E-state index is 13.8.